The smallest absolute Gasteiger partial charge is 0.324 e. The van der Waals surface area contributed by atoms with Gasteiger partial charge in [0.05, 0.1) is 4.92 Å². The van der Waals surface area contributed by atoms with Crippen molar-refractivity contribution in [2.45, 2.75) is 0 Å². The van der Waals surface area contributed by atoms with Crippen molar-refractivity contribution in [3.05, 3.63) is 62.5 Å². The molecule has 0 aliphatic carbocycles. The number of carbonyl (C=O) groups is 1. The van der Waals surface area contributed by atoms with Crippen molar-refractivity contribution in [3.8, 4) is 11.5 Å². The molecule has 126 valence electrons. The van der Waals surface area contributed by atoms with Crippen LogP contribution in [0, 0.1) is 10.1 Å². The number of aromatic nitrogens is 2. The summed E-state index contributed by atoms with van der Waals surface area (Å²) in [5.41, 5.74) is 0.666. The number of rotatable bonds is 5. The maximum atomic E-state index is 11.8. The molecule has 2 heterocycles. The molecule has 2 aromatic heterocycles. The summed E-state index contributed by atoms with van der Waals surface area (Å²) in [5, 5.41) is 21.2. The lowest BCUT2D eigenvalue weighted by Gasteiger charge is -1.95. The van der Waals surface area contributed by atoms with Gasteiger partial charge in [-0.05, 0) is 36.4 Å². The monoisotopic (exact) mass is 376 g/mol. The van der Waals surface area contributed by atoms with Gasteiger partial charge >= 0.3 is 11.0 Å². The van der Waals surface area contributed by atoms with Crippen LogP contribution < -0.4 is 5.32 Å². The van der Waals surface area contributed by atoms with Gasteiger partial charge in [0.25, 0.3) is 5.91 Å². The minimum absolute atomic E-state index is 0.00423. The van der Waals surface area contributed by atoms with Gasteiger partial charge in [0.2, 0.25) is 5.89 Å². The van der Waals surface area contributed by atoms with Gasteiger partial charge in [-0.1, -0.05) is 28.0 Å². The number of thiophene rings is 1. The first-order valence-electron chi connectivity index (χ1n) is 6.84. The Morgan fingerprint density at radius 1 is 1.24 bits per heavy atom. The van der Waals surface area contributed by atoms with Crippen LogP contribution in [0.1, 0.15) is 4.88 Å². The van der Waals surface area contributed by atoms with Crippen LogP contribution in [0.15, 0.2) is 46.9 Å². The van der Waals surface area contributed by atoms with Crippen LogP contribution in [0.5, 0.6) is 0 Å². The van der Waals surface area contributed by atoms with E-state index >= 15 is 0 Å². The van der Waals surface area contributed by atoms with Crippen LogP contribution in [-0.2, 0) is 4.79 Å². The summed E-state index contributed by atoms with van der Waals surface area (Å²) in [4.78, 5) is 22.5. The van der Waals surface area contributed by atoms with Gasteiger partial charge < -0.3 is 4.42 Å². The number of hydrogen-bond donors (Lipinski definition) is 1. The number of hydrogen-bond acceptors (Lipinski definition) is 7. The predicted octanol–water partition coefficient (Wildman–Crippen LogP) is 4.01. The lowest BCUT2D eigenvalue weighted by atomic mass is 10.2. The fourth-order valence-corrected chi connectivity index (χ4v) is 2.67. The number of anilines is 1. The SMILES string of the molecule is O=C(C=Cc1ccc([N+](=O)[O-])s1)Nc1nnc(-c2ccc(Cl)cc2)o1. The Labute approximate surface area is 149 Å². The van der Waals surface area contributed by atoms with Crippen molar-refractivity contribution >= 4 is 45.9 Å². The summed E-state index contributed by atoms with van der Waals surface area (Å²) in [6, 6.07) is 9.66. The second-order valence-electron chi connectivity index (χ2n) is 4.67. The molecule has 0 radical (unpaired) electrons. The zero-order valence-corrected chi connectivity index (χ0v) is 14.0. The molecule has 0 saturated heterocycles. The van der Waals surface area contributed by atoms with Crippen molar-refractivity contribution in [2.24, 2.45) is 0 Å². The molecule has 0 atom stereocenters. The molecule has 3 rings (SSSR count). The van der Waals surface area contributed by atoms with Crippen molar-refractivity contribution in [1.82, 2.24) is 10.2 Å². The number of halogens is 1. The summed E-state index contributed by atoms with van der Waals surface area (Å²) in [5.74, 6) is -0.257. The number of carbonyl (C=O) groups excluding carboxylic acids is 1. The fourth-order valence-electron chi connectivity index (χ4n) is 1.82. The van der Waals surface area contributed by atoms with Crippen LogP contribution in [0.25, 0.3) is 17.5 Å². The van der Waals surface area contributed by atoms with E-state index in [-0.39, 0.29) is 16.9 Å². The second kappa shape index (κ2) is 7.24. The highest BCUT2D eigenvalue weighted by Crippen LogP contribution is 2.25. The number of nitro groups is 1. The molecular formula is C15H9ClN4O4S. The first kappa shape index (κ1) is 16.8. The summed E-state index contributed by atoms with van der Waals surface area (Å²) < 4.78 is 5.35. The minimum Gasteiger partial charge on any atom is -0.403 e. The van der Waals surface area contributed by atoms with Gasteiger partial charge in [-0.25, -0.2) is 0 Å². The number of benzene rings is 1. The molecular weight excluding hydrogens is 368 g/mol. The molecule has 0 bridgehead atoms. The zero-order valence-electron chi connectivity index (χ0n) is 12.4. The van der Waals surface area contributed by atoms with Crippen molar-refractivity contribution in [3.63, 3.8) is 0 Å². The molecule has 1 N–H and O–H groups in total. The van der Waals surface area contributed by atoms with E-state index in [0.717, 1.165) is 11.3 Å². The van der Waals surface area contributed by atoms with E-state index in [4.69, 9.17) is 16.0 Å². The fraction of sp³-hybridized carbons (Fsp3) is 0. The van der Waals surface area contributed by atoms with E-state index in [2.05, 4.69) is 15.5 Å². The molecule has 0 saturated carbocycles. The molecule has 8 nitrogen and oxygen atoms in total. The topological polar surface area (TPSA) is 111 Å². The summed E-state index contributed by atoms with van der Waals surface area (Å²) in [6.07, 6.45) is 2.69. The lowest BCUT2D eigenvalue weighted by molar-refractivity contribution is -0.380. The van der Waals surface area contributed by atoms with Crippen molar-refractivity contribution in [1.29, 1.82) is 0 Å². The average molecular weight is 377 g/mol. The van der Waals surface area contributed by atoms with Crippen LogP contribution in [0.3, 0.4) is 0 Å². The van der Waals surface area contributed by atoms with E-state index in [1.54, 1.807) is 30.3 Å². The molecule has 0 aliphatic heterocycles. The Kier molecular flexibility index (Phi) is 4.87. The normalized spacial score (nSPS) is 10.9. The third kappa shape index (κ3) is 4.28. The minimum atomic E-state index is -0.498. The van der Waals surface area contributed by atoms with E-state index in [0.29, 0.717) is 15.5 Å². The molecule has 1 amide bonds. The molecule has 0 aliphatic rings. The largest absolute Gasteiger partial charge is 0.403 e. The predicted molar refractivity (Wildman–Crippen MR) is 93.4 cm³/mol. The van der Waals surface area contributed by atoms with Crippen molar-refractivity contribution in [2.75, 3.05) is 5.32 Å². The molecule has 0 fully saturated rings. The maximum absolute atomic E-state index is 11.8. The van der Waals surface area contributed by atoms with Crippen LogP contribution in [0.2, 0.25) is 5.02 Å². The Bertz CT molecular complexity index is 949. The highest BCUT2D eigenvalue weighted by atomic mass is 35.5. The average Bonchev–Trinajstić information content (AvgIpc) is 3.23. The molecule has 0 spiro atoms. The van der Waals surface area contributed by atoms with E-state index in [1.807, 2.05) is 0 Å². The highest BCUT2D eigenvalue weighted by molar-refractivity contribution is 7.16. The van der Waals surface area contributed by atoms with Crippen LogP contribution in [-0.4, -0.2) is 21.0 Å². The molecule has 1 aromatic carbocycles. The highest BCUT2D eigenvalue weighted by Gasteiger charge is 2.11. The van der Waals surface area contributed by atoms with Gasteiger partial charge in [0.1, 0.15) is 0 Å². The lowest BCUT2D eigenvalue weighted by Crippen LogP contribution is -2.07. The Hall–Kier alpha value is -3.04. The summed E-state index contributed by atoms with van der Waals surface area (Å²) >= 11 is 6.77. The van der Waals surface area contributed by atoms with Gasteiger partial charge in [-0.2, -0.15) is 0 Å². The van der Waals surface area contributed by atoms with Crippen LogP contribution in [0.4, 0.5) is 11.0 Å². The number of nitrogens with one attached hydrogen (secondary N) is 1. The van der Waals surface area contributed by atoms with E-state index in [1.165, 1.54) is 18.2 Å². The number of amides is 1. The summed E-state index contributed by atoms with van der Waals surface area (Å²) in [6.45, 7) is 0. The maximum Gasteiger partial charge on any atom is 0.324 e. The van der Waals surface area contributed by atoms with Crippen LogP contribution >= 0.6 is 22.9 Å². The summed E-state index contributed by atoms with van der Waals surface area (Å²) in [7, 11) is 0. The molecule has 10 heteroatoms. The Morgan fingerprint density at radius 3 is 2.68 bits per heavy atom. The Balaban J connectivity index is 1.64. The second-order valence-corrected chi connectivity index (χ2v) is 6.21. The van der Waals surface area contributed by atoms with Gasteiger partial charge in [-0.3, -0.25) is 20.2 Å². The zero-order chi connectivity index (χ0) is 17.8. The third-order valence-electron chi connectivity index (χ3n) is 2.94. The first-order chi connectivity index (χ1) is 12.0. The third-order valence-corrected chi connectivity index (χ3v) is 4.19. The Morgan fingerprint density at radius 2 is 2.00 bits per heavy atom. The van der Waals surface area contributed by atoms with E-state index in [9.17, 15) is 14.9 Å². The number of nitrogens with zero attached hydrogens (tertiary/aromatic N) is 3. The molecule has 25 heavy (non-hydrogen) atoms. The quantitative estimate of drug-likeness (QED) is 0.409. The van der Waals surface area contributed by atoms with Gasteiger partial charge in [0, 0.05) is 27.6 Å². The van der Waals surface area contributed by atoms with Crippen molar-refractivity contribution < 1.29 is 14.1 Å². The first-order valence-corrected chi connectivity index (χ1v) is 8.03. The molecule has 0 unspecified atom stereocenters. The van der Waals surface area contributed by atoms with Gasteiger partial charge in [-0.15, -0.1) is 5.10 Å². The standard InChI is InChI=1S/C15H9ClN4O4S/c16-10-3-1-9(2-4-10)14-18-19-15(24-14)17-12(21)7-5-11-6-8-13(25-11)20(22)23/h1-8H,(H,17,19,21). The molecule has 3 aromatic rings. The van der Waals surface area contributed by atoms with Gasteiger partial charge in [0.15, 0.2) is 0 Å². The van der Waals surface area contributed by atoms with E-state index < -0.39 is 10.8 Å².